The maximum atomic E-state index is 12.2. The summed E-state index contributed by atoms with van der Waals surface area (Å²) in [4.78, 5) is 15.1. The van der Waals surface area contributed by atoms with E-state index >= 15 is 0 Å². The Morgan fingerprint density at radius 3 is 2.93 bits per heavy atom. The Bertz CT molecular complexity index is 878. The number of hydrogen-bond donors (Lipinski definition) is 1. The van der Waals surface area contributed by atoms with Crippen LogP contribution in [0.25, 0.3) is 0 Å². The van der Waals surface area contributed by atoms with Crippen molar-refractivity contribution < 1.29 is 14.6 Å². The first kappa shape index (κ1) is 19.0. The number of hydrogen-bond acceptors (Lipinski definition) is 5. The molecule has 3 heterocycles. The molecule has 0 radical (unpaired) electrons. The Hall–Kier alpha value is -1.34. The van der Waals surface area contributed by atoms with Crippen molar-refractivity contribution in [1.82, 2.24) is 0 Å². The van der Waals surface area contributed by atoms with Gasteiger partial charge in [-0.05, 0) is 54.5 Å². The summed E-state index contributed by atoms with van der Waals surface area (Å²) >= 11 is 3.34. The normalized spacial score (nSPS) is 25.6. The molecular weight excluding hydrogens is 378 g/mol. The third-order valence-corrected chi connectivity index (χ3v) is 7.59. The summed E-state index contributed by atoms with van der Waals surface area (Å²) in [5, 5.41) is 13.1. The highest BCUT2D eigenvalue weighted by atomic mass is 32.2. The zero-order chi connectivity index (χ0) is 19.2. The van der Waals surface area contributed by atoms with E-state index in [2.05, 4.69) is 30.5 Å². The van der Waals surface area contributed by atoms with Crippen LogP contribution in [-0.2, 0) is 21.6 Å². The molecule has 4 nitrogen and oxygen atoms in total. The van der Waals surface area contributed by atoms with Crippen LogP contribution in [0.4, 0.5) is 5.69 Å². The minimum absolute atomic E-state index is 0.0724. The lowest BCUT2D eigenvalue weighted by molar-refractivity contribution is -0.118. The van der Waals surface area contributed by atoms with Gasteiger partial charge in [0.15, 0.2) is 0 Å². The second-order valence-corrected chi connectivity index (χ2v) is 9.90. The van der Waals surface area contributed by atoms with E-state index in [0.717, 1.165) is 26.8 Å². The highest BCUT2D eigenvalue weighted by Crippen LogP contribution is 2.45. The number of carbonyl (C=O) groups excluding carboxylic acids is 1. The average Bonchev–Trinajstić information content (AvgIpc) is 3.07. The van der Waals surface area contributed by atoms with Crippen LogP contribution in [0.2, 0.25) is 0 Å². The predicted molar refractivity (Wildman–Crippen MR) is 110 cm³/mol. The van der Waals surface area contributed by atoms with Crippen molar-refractivity contribution in [2.45, 2.75) is 60.3 Å². The molecule has 27 heavy (non-hydrogen) atoms. The molecule has 0 saturated carbocycles. The van der Waals surface area contributed by atoms with Gasteiger partial charge in [0.2, 0.25) is 5.91 Å². The average molecular weight is 404 g/mol. The molecule has 2 aromatic rings. The van der Waals surface area contributed by atoms with Crippen molar-refractivity contribution in [3.63, 3.8) is 0 Å². The van der Waals surface area contributed by atoms with Gasteiger partial charge in [0.25, 0.3) is 0 Å². The minimum atomic E-state index is -0.800. The second-order valence-electron chi connectivity index (χ2n) is 7.65. The van der Waals surface area contributed by atoms with Gasteiger partial charge in [-0.15, -0.1) is 11.3 Å². The van der Waals surface area contributed by atoms with E-state index in [1.807, 2.05) is 14.0 Å². The molecule has 1 N–H and O–H groups in total. The van der Waals surface area contributed by atoms with Crippen molar-refractivity contribution >= 4 is 34.7 Å². The molecule has 1 amide bonds. The van der Waals surface area contributed by atoms with Gasteiger partial charge in [0.05, 0.1) is 28.2 Å². The van der Waals surface area contributed by atoms with Crippen molar-refractivity contribution in [2.75, 3.05) is 18.6 Å². The maximum absolute atomic E-state index is 12.2. The molecule has 1 aromatic heterocycles. The molecule has 0 bridgehead atoms. The third kappa shape index (κ3) is 3.68. The highest BCUT2D eigenvalue weighted by Gasteiger charge is 2.36. The number of thiophene rings is 1. The number of benzene rings is 1. The number of nitrogens with zero attached hydrogens (tertiary/aromatic N) is 1. The van der Waals surface area contributed by atoms with Crippen LogP contribution in [0.3, 0.4) is 0 Å². The number of carbonyl (C=O) groups is 1. The fourth-order valence-electron chi connectivity index (χ4n) is 4.05. The number of anilines is 1. The molecule has 0 spiro atoms. The summed E-state index contributed by atoms with van der Waals surface area (Å²) in [6.45, 7) is 4.71. The van der Waals surface area contributed by atoms with Gasteiger partial charge in [-0.2, -0.15) is 0 Å². The molecule has 1 fully saturated rings. The van der Waals surface area contributed by atoms with Gasteiger partial charge in [-0.3, -0.25) is 4.79 Å². The highest BCUT2D eigenvalue weighted by molar-refractivity contribution is 8.01. The van der Waals surface area contributed by atoms with E-state index in [-0.39, 0.29) is 12.0 Å². The van der Waals surface area contributed by atoms with Crippen molar-refractivity contribution in [2.24, 2.45) is 0 Å². The Morgan fingerprint density at radius 1 is 1.33 bits per heavy atom. The fraction of sp³-hybridized carbons (Fsp3) is 0.476. The third-order valence-electron chi connectivity index (χ3n) is 5.48. The van der Waals surface area contributed by atoms with Gasteiger partial charge in [-0.25, -0.2) is 0 Å². The summed E-state index contributed by atoms with van der Waals surface area (Å²) in [7, 11) is 1.87. The fourth-order valence-corrected chi connectivity index (χ4v) is 6.40. The summed E-state index contributed by atoms with van der Waals surface area (Å²) < 4.78 is 6.73. The number of ether oxygens (including phenoxy) is 1. The molecule has 144 valence electrons. The van der Waals surface area contributed by atoms with Crippen molar-refractivity contribution in [3.05, 3.63) is 40.3 Å². The minimum Gasteiger partial charge on any atom is -0.385 e. The lowest BCUT2D eigenvalue weighted by Gasteiger charge is -2.35. The topological polar surface area (TPSA) is 49.8 Å². The molecule has 2 atom stereocenters. The smallest absolute Gasteiger partial charge is 0.227 e. The van der Waals surface area contributed by atoms with E-state index in [4.69, 9.17) is 4.74 Å². The summed E-state index contributed by atoms with van der Waals surface area (Å²) in [5.74, 6) is 0.172. The van der Waals surface area contributed by atoms with E-state index in [0.29, 0.717) is 25.9 Å². The monoisotopic (exact) mass is 403 g/mol. The quantitative estimate of drug-likeness (QED) is 0.820. The second kappa shape index (κ2) is 7.24. The van der Waals surface area contributed by atoms with Crippen molar-refractivity contribution in [3.8, 4) is 0 Å². The SMILES string of the molecule is Cc1cc2c(c(Sc3cc([C@@]4(O)CCO[C@@H](C)C4)cs3)c1)N(C)C(=O)CC2. The number of fused-ring (bicyclic) bond motifs is 1. The molecule has 6 heteroatoms. The lowest BCUT2D eigenvalue weighted by atomic mass is 9.86. The lowest BCUT2D eigenvalue weighted by Crippen LogP contribution is -2.37. The number of rotatable bonds is 3. The number of aryl methyl sites for hydroxylation is 2. The van der Waals surface area contributed by atoms with Gasteiger partial charge in [-0.1, -0.05) is 17.8 Å². The van der Waals surface area contributed by atoms with E-state index < -0.39 is 5.60 Å². The van der Waals surface area contributed by atoms with E-state index in [1.165, 1.54) is 11.1 Å². The van der Waals surface area contributed by atoms with Crippen LogP contribution in [-0.4, -0.2) is 30.8 Å². The molecule has 1 saturated heterocycles. The molecule has 0 aliphatic carbocycles. The molecule has 0 unspecified atom stereocenters. The summed E-state index contributed by atoms with van der Waals surface area (Å²) in [6.07, 6.45) is 2.72. The van der Waals surface area contributed by atoms with Gasteiger partial charge >= 0.3 is 0 Å². The van der Waals surface area contributed by atoms with Crippen LogP contribution >= 0.6 is 23.1 Å². The van der Waals surface area contributed by atoms with Gasteiger partial charge in [0, 0.05) is 31.2 Å². The number of aliphatic hydroxyl groups is 1. The van der Waals surface area contributed by atoms with Crippen LogP contribution in [0.5, 0.6) is 0 Å². The first-order chi connectivity index (χ1) is 12.9. The van der Waals surface area contributed by atoms with Crippen LogP contribution < -0.4 is 4.90 Å². The Labute approximate surface area is 168 Å². The zero-order valence-corrected chi connectivity index (χ0v) is 17.6. The standard InChI is InChI=1S/C21H25NO3S2/c1-13-8-15-4-5-18(23)22(3)20(15)17(9-13)27-19-10-16(12-26-19)21(24)6-7-25-14(2)11-21/h8-10,12,14,24H,4-7,11H2,1-3H3/t14-,21+/m0/s1. The van der Waals surface area contributed by atoms with Crippen molar-refractivity contribution in [1.29, 1.82) is 0 Å². The van der Waals surface area contributed by atoms with E-state index in [9.17, 15) is 9.90 Å². The van der Waals surface area contributed by atoms with Gasteiger partial charge in [0.1, 0.15) is 0 Å². The molecule has 1 aromatic carbocycles. The van der Waals surface area contributed by atoms with Crippen LogP contribution in [0, 0.1) is 6.92 Å². The van der Waals surface area contributed by atoms with Gasteiger partial charge < -0.3 is 14.7 Å². The molecule has 2 aliphatic heterocycles. The number of amides is 1. The van der Waals surface area contributed by atoms with Crippen LogP contribution in [0.15, 0.2) is 32.7 Å². The maximum Gasteiger partial charge on any atom is 0.227 e. The first-order valence-corrected chi connectivity index (χ1v) is 11.1. The summed E-state index contributed by atoms with van der Waals surface area (Å²) in [5.41, 5.74) is 3.68. The summed E-state index contributed by atoms with van der Waals surface area (Å²) in [6, 6.07) is 6.45. The zero-order valence-electron chi connectivity index (χ0n) is 15.9. The molecular formula is C21H25NO3S2. The Morgan fingerprint density at radius 2 is 2.15 bits per heavy atom. The van der Waals surface area contributed by atoms with E-state index in [1.54, 1.807) is 28.0 Å². The predicted octanol–water partition coefficient (Wildman–Crippen LogP) is 4.50. The first-order valence-electron chi connectivity index (χ1n) is 9.37. The molecule has 4 rings (SSSR count). The Kier molecular flexibility index (Phi) is 5.10. The largest absolute Gasteiger partial charge is 0.385 e. The molecule has 2 aliphatic rings. The Balaban J connectivity index is 1.63. The van der Waals surface area contributed by atoms with Crippen LogP contribution in [0.1, 0.15) is 42.9 Å².